The number of hydrogen-bond donors (Lipinski definition) is 2. The van der Waals surface area contributed by atoms with Gasteiger partial charge in [0.25, 0.3) is 5.91 Å². The standard InChI is InChI=1S/C14H16N4O3/c1-3-21-13-6-9(20-2)4-5-10(13)11-7-16-8-12(17-11)14(19)18-15/h4-8H,3,15H2,1-2H3,(H,18,19). The van der Waals surface area contributed by atoms with E-state index in [0.29, 0.717) is 23.8 Å². The highest BCUT2D eigenvalue weighted by molar-refractivity contribution is 5.92. The molecular weight excluding hydrogens is 272 g/mol. The molecule has 2 rings (SSSR count). The minimum absolute atomic E-state index is 0.133. The van der Waals surface area contributed by atoms with Crippen LogP contribution in [0.2, 0.25) is 0 Å². The number of amides is 1. The molecule has 1 aromatic heterocycles. The molecule has 0 spiro atoms. The van der Waals surface area contributed by atoms with Crippen molar-refractivity contribution in [2.24, 2.45) is 5.84 Å². The molecule has 7 nitrogen and oxygen atoms in total. The van der Waals surface area contributed by atoms with Gasteiger partial charge in [-0.25, -0.2) is 10.8 Å². The predicted octanol–water partition coefficient (Wildman–Crippen LogP) is 1.15. The second-order valence-corrected chi connectivity index (χ2v) is 4.06. The van der Waals surface area contributed by atoms with Gasteiger partial charge in [-0.05, 0) is 19.1 Å². The number of nitrogens with zero attached hydrogens (tertiary/aromatic N) is 2. The Morgan fingerprint density at radius 2 is 2.19 bits per heavy atom. The molecule has 0 saturated carbocycles. The van der Waals surface area contributed by atoms with E-state index in [-0.39, 0.29) is 5.69 Å². The number of carbonyl (C=O) groups is 1. The number of hydrogen-bond acceptors (Lipinski definition) is 6. The summed E-state index contributed by atoms with van der Waals surface area (Å²) in [5.74, 6) is 5.88. The van der Waals surface area contributed by atoms with E-state index in [9.17, 15) is 4.79 Å². The Morgan fingerprint density at radius 3 is 2.86 bits per heavy atom. The van der Waals surface area contributed by atoms with E-state index in [1.165, 1.54) is 6.20 Å². The van der Waals surface area contributed by atoms with Gasteiger partial charge in [0.15, 0.2) is 0 Å². The van der Waals surface area contributed by atoms with Crippen LogP contribution in [0.15, 0.2) is 30.6 Å². The van der Waals surface area contributed by atoms with Crippen LogP contribution < -0.4 is 20.7 Å². The average molecular weight is 288 g/mol. The Bertz CT molecular complexity index is 646. The Kier molecular flexibility index (Phi) is 4.68. The summed E-state index contributed by atoms with van der Waals surface area (Å²) in [4.78, 5) is 19.8. The topological polar surface area (TPSA) is 99.4 Å². The fourth-order valence-electron chi connectivity index (χ4n) is 1.80. The summed E-state index contributed by atoms with van der Waals surface area (Å²) >= 11 is 0. The molecule has 0 bridgehead atoms. The lowest BCUT2D eigenvalue weighted by molar-refractivity contribution is 0.0948. The molecule has 0 aliphatic rings. The van der Waals surface area contributed by atoms with E-state index in [4.69, 9.17) is 15.3 Å². The highest BCUT2D eigenvalue weighted by Gasteiger charge is 2.13. The van der Waals surface area contributed by atoms with Crippen molar-refractivity contribution in [2.45, 2.75) is 6.92 Å². The molecule has 3 N–H and O–H groups in total. The number of carbonyl (C=O) groups excluding carboxylic acids is 1. The van der Waals surface area contributed by atoms with Gasteiger partial charge in [0.1, 0.15) is 17.2 Å². The highest BCUT2D eigenvalue weighted by atomic mass is 16.5. The molecule has 2 aromatic rings. The first-order valence-corrected chi connectivity index (χ1v) is 6.33. The number of aromatic nitrogens is 2. The van der Waals surface area contributed by atoms with Crippen LogP contribution in [0.25, 0.3) is 11.3 Å². The second kappa shape index (κ2) is 6.67. The molecule has 1 heterocycles. The average Bonchev–Trinajstić information content (AvgIpc) is 2.54. The van der Waals surface area contributed by atoms with Crippen molar-refractivity contribution in [2.75, 3.05) is 13.7 Å². The molecule has 1 aromatic carbocycles. The van der Waals surface area contributed by atoms with E-state index in [2.05, 4.69) is 9.97 Å². The number of nitrogens with one attached hydrogen (secondary N) is 1. The van der Waals surface area contributed by atoms with Crippen molar-refractivity contribution < 1.29 is 14.3 Å². The lowest BCUT2D eigenvalue weighted by Crippen LogP contribution is -2.30. The Labute approximate surface area is 122 Å². The normalized spacial score (nSPS) is 10.0. The van der Waals surface area contributed by atoms with E-state index in [0.717, 1.165) is 5.56 Å². The number of nitrogens with two attached hydrogens (primary N) is 1. The first-order valence-electron chi connectivity index (χ1n) is 6.33. The van der Waals surface area contributed by atoms with Crippen LogP contribution in [-0.4, -0.2) is 29.6 Å². The summed E-state index contributed by atoms with van der Waals surface area (Å²) in [6.07, 6.45) is 2.90. The van der Waals surface area contributed by atoms with E-state index in [1.807, 2.05) is 12.3 Å². The Hall–Kier alpha value is -2.67. The molecule has 7 heteroatoms. The van der Waals surface area contributed by atoms with Gasteiger partial charge in [-0.15, -0.1) is 0 Å². The first kappa shape index (κ1) is 14.7. The van der Waals surface area contributed by atoms with Gasteiger partial charge >= 0.3 is 0 Å². The largest absolute Gasteiger partial charge is 0.497 e. The number of methoxy groups -OCH3 is 1. The van der Waals surface area contributed by atoms with E-state index in [1.54, 1.807) is 31.5 Å². The van der Waals surface area contributed by atoms with Crippen molar-refractivity contribution >= 4 is 5.91 Å². The van der Waals surface area contributed by atoms with Crippen LogP contribution in [0, 0.1) is 0 Å². The van der Waals surface area contributed by atoms with Crippen molar-refractivity contribution in [3.63, 3.8) is 0 Å². The van der Waals surface area contributed by atoms with Gasteiger partial charge in [0.05, 0.1) is 31.8 Å². The highest BCUT2D eigenvalue weighted by Crippen LogP contribution is 2.32. The van der Waals surface area contributed by atoms with Gasteiger partial charge < -0.3 is 9.47 Å². The zero-order chi connectivity index (χ0) is 15.2. The Balaban J connectivity index is 2.47. The van der Waals surface area contributed by atoms with Crippen LogP contribution in [0.3, 0.4) is 0 Å². The van der Waals surface area contributed by atoms with Gasteiger partial charge in [-0.1, -0.05) is 0 Å². The molecule has 110 valence electrons. The number of rotatable bonds is 5. The SMILES string of the molecule is CCOc1cc(OC)ccc1-c1cncc(C(=O)NN)n1. The van der Waals surface area contributed by atoms with Crippen LogP contribution in [0.4, 0.5) is 0 Å². The minimum Gasteiger partial charge on any atom is -0.497 e. The maximum Gasteiger partial charge on any atom is 0.285 e. The number of nitrogen functional groups attached to an aromatic ring is 1. The summed E-state index contributed by atoms with van der Waals surface area (Å²) in [5, 5.41) is 0. The number of hydrazine groups is 1. The fraction of sp³-hybridized carbons (Fsp3) is 0.214. The fourth-order valence-corrected chi connectivity index (χ4v) is 1.80. The summed E-state index contributed by atoms with van der Waals surface area (Å²) < 4.78 is 10.8. The van der Waals surface area contributed by atoms with Gasteiger partial charge in [-0.2, -0.15) is 0 Å². The third-order valence-electron chi connectivity index (χ3n) is 2.76. The maximum absolute atomic E-state index is 11.5. The molecule has 0 fully saturated rings. The van der Waals surface area contributed by atoms with Gasteiger partial charge in [0.2, 0.25) is 0 Å². The summed E-state index contributed by atoms with van der Waals surface area (Å²) in [6.45, 7) is 2.38. The van der Waals surface area contributed by atoms with Crippen LogP contribution in [0.5, 0.6) is 11.5 Å². The quantitative estimate of drug-likeness (QED) is 0.486. The molecule has 21 heavy (non-hydrogen) atoms. The number of benzene rings is 1. The zero-order valence-electron chi connectivity index (χ0n) is 11.8. The maximum atomic E-state index is 11.5. The zero-order valence-corrected chi connectivity index (χ0v) is 11.8. The summed E-state index contributed by atoms with van der Waals surface area (Å²) in [6, 6.07) is 5.35. The lowest BCUT2D eigenvalue weighted by Gasteiger charge is -2.11. The third-order valence-corrected chi connectivity index (χ3v) is 2.76. The van der Waals surface area contributed by atoms with E-state index < -0.39 is 5.91 Å². The van der Waals surface area contributed by atoms with Crippen molar-refractivity contribution in [3.05, 3.63) is 36.3 Å². The minimum atomic E-state index is -0.504. The van der Waals surface area contributed by atoms with Crippen LogP contribution in [0.1, 0.15) is 17.4 Å². The molecule has 0 aliphatic heterocycles. The van der Waals surface area contributed by atoms with Gasteiger partial charge in [0, 0.05) is 11.6 Å². The predicted molar refractivity (Wildman–Crippen MR) is 76.8 cm³/mol. The molecule has 1 amide bonds. The lowest BCUT2D eigenvalue weighted by atomic mass is 10.1. The molecule has 0 unspecified atom stereocenters. The summed E-state index contributed by atoms with van der Waals surface area (Å²) in [5.41, 5.74) is 3.39. The van der Waals surface area contributed by atoms with Crippen molar-refractivity contribution in [1.29, 1.82) is 0 Å². The summed E-state index contributed by atoms with van der Waals surface area (Å²) in [7, 11) is 1.58. The third kappa shape index (κ3) is 3.26. The monoisotopic (exact) mass is 288 g/mol. The van der Waals surface area contributed by atoms with Crippen molar-refractivity contribution in [1.82, 2.24) is 15.4 Å². The molecule has 0 saturated heterocycles. The van der Waals surface area contributed by atoms with E-state index >= 15 is 0 Å². The van der Waals surface area contributed by atoms with Crippen molar-refractivity contribution in [3.8, 4) is 22.8 Å². The first-order chi connectivity index (χ1) is 10.2. The second-order valence-electron chi connectivity index (χ2n) is 4.06. The van der Waals surface area contributed by atoms with Crippen LogP contribution in [-0.2, 0) is 0 Å². The van der Waals surface area contributed by atoms with Crippen LogP contribution >= 0.6 is 0 Å². The molecule has 0 radical (unpaired) electrons. The molecule has 0 aliphatic carbocycles. The van der Waals surface area contributed by atoms with Gasteiger partial charge in [-0.3, -0.25) is 15.2 Å². The number of ether oxygens (including phenoxy) is 2. The smallest absolute Gasteiger partial charge is 0.285 e. The molecular formula is C14H16N4O3. The Morgan fingerprint density at radius 1 is 1.38 bits per heavy atom. The molecule has 0 atom stereocenters.